The molecule has 2 heteroatoms. The van der Waals surface area contributed by atoms with Crippen molar-refractivity contribution in [3.63, 3.8) is 0 Å². The Balaban J connectivity index is 1.72. The van der Waals surface area contributed by atoms with Gasteiger partial charge in [-0.05, 0) is 42.5 Å². The fourth-order valence-electron chi connectivity index (χ4n) is 2.79. The molecule has 0 spiro atoms. The van der Waals surface area contributed by atoms with E-state index in [0.29, 0.717) is 6.61 Å². The zero-order valence-electron chi connectivity index (χ0n) is 11.9. The van der Waals surface area contributed by atoms with E-state index in [4.69, 9.17) is 4.74 Å². The second kappa shape index (κ2) is 7.34. The third-order valence-electron chi connectivity index (χ3n) is 4.07. The molecule has 1 saturated carbocycles. The van der Waals surface area contributed by atoms with Crippen LogP contribution in [-0.2, 0) is 6.54 Å². The van der Waals surface area contributed by atoms with E-state index in [9.17, 15) is 0 Å². The molecule has 2 nitrogen and oxygen atoms in total. The zero-order valence-corrected chi connectivity index (χ0v) is 11.9. The van der Waals surface area contributed by atoms with E-state index in [1.165, 1.54) is 24.8 Å². The van der Waals surface area contributed by atoms with Crippen molar-refractivity contribution < 1.29 is 4.74 Å². The Labute approximate surface area is 116 Å². The molecule has 2 atom stereocenters. The van der Waals surface area contributed by atoms with Gasteiger partial charge in [-0.3, -0.25) is 0 Å². The molecule has 0 heterocycles. The van der Waals surface area contributed by atoms with Crippen LogP contribution in [0.4, 0.5) is 0 Å². The maximum absolute atomic E-state index is 5.47. The van der Waals surface area contributed by atoms with Crippen molar-refractivity contribution in [3.05, 3.63) is 42.5 Å². The lowest BCUT2D eigenvalue weighted by molar-refractivity contribution is 0.363. The molecular formula is C17H25NO. The predicted octanol–water partition coefficient (Wildman–Crippen LogP) is 3.78. The van der Waals surface area contributed by atoms with E-state index in [2.05, 4.69) is 31.0 Å². The third-order valence-corrected chi connectivity index (χ3v) is 4.07. The van der Waals surface area contributed by atoms with Gasteiger partial charge in [-0.25, -0.2) is 0 Å². The van der Waals surface area contributed by atoms with Gasteiger partial charge in [-0.1, -0.05) is 44.6 Å². The van der Waals surface area contributed by atoms with Crippen molar-refractivity contribution in [2.24, 2.45) is 11.8 Å². The quantitative estimate of drug-likeness (QED) is 0.752. The smallest absolute Gasteiger partial charge is 0.119 e. The number of benzene rings is 1. The van der Waals surface area contributed by atoms with Crippen molar-refractivity contribution in [3.8, 4) is 5.75 Å². The standard InChI is InChI=1S/C17H25NO/c1-3-11-19-17-9-7-15(8-10-17)12-18-13-16-6-4-5-14(16)2/h3,7-10,14,16,18H,1,4-6,11-13H2,2H3. The SMILES string of the molecule is C=CCOc1ccc(CNCC2CCCC2C)cc1. The van der Waals surface area contributed by atoms with Gasteiger partial charge < -0.3 is 10.1 Å². The maximum Gasteiger partial charge on any atom is 0.119 e. The Bertz CT molecular complexity index is 385. The molecule has 0 aromatic heterocycles. The summed E-state index contributed by atoms with van der Waals surface area (Å²) in [5.74, 6) is 2.67. The summed E-state index contributed by atoms with van der Waals surface area (Å²) in [6.45, 7) is 8.69. The lowest BCUT2D eigenvalue weighted by atomic mass is 9.98. The summed E-state index contributed by atoms with van der Waals surface area (Å²) in [5.41, 5.74) is 1.32. The Morgan fingerprint density at radius 1 is 1.32 bits per heavy atom. The number of hydrogen-bond acceptors (Lipinski definition) is 2. The first-order valence-electron chi connectivity index (χ1n) is 7.33. The van der Waals surface area contributed by atoms with Crippen molar-refractivity contribution >= 4 is 0 Å². The van der Waals surface area contributed by atoms with Crippen LogP contribution in [-0.4, -0.2) is 13.2 Å². The molecule has 1 aromatic carbocycles. The summed E-state index contributed by atoms with van der Waals surface area (Å²) in [7, 11) is 0. The Kier molecular flexibility index (Phi) is 5.46. The van der Waals surface area contributed by atoms with Crippen LogP contribution in [0.2, 0.25) is 0 Å². The van der Waals surface area contributed by atoms with Crippen LogP contribution >= 0.6 is 0 Å². The molecule has 1 fully saturated rings. The summed E-state index contributed by atoms with van der Waals surface area (Å²) < 4.78 is 5.47. The molecule has 0 amide bonds. The molecular weight excluding hydrogens is 234 g/mol. The monoisotopic (exact) mass is 259 g/mol. The van der Waals surface area contributed by atoms with E-state index in [1.807, 2.05) is 12.1 Å². The summed E-state index contributed by atoms with van der Waals surface area (Å²) in [6.07, 6.45) is 5.96. The molecule has 1 N–H and O–H groups in total. The van der Waals surface area contributed by atoms with E-state index >= 15 is 0 Å². The topological polar surface area (TPSA) is 21.3 Å². The van der Waals surface area contributed by atoms with Crippen LogP contribution in [0.3, 0.4) is 0 Å². The van der Waals surface area contributed by atoms with Crippen LogP contribution in [0.15, 0.2) is 36.9 Å². The second-order valence-electron chi connectivity index (χ2n) is 5.54. The average molecular weight is 259 g/mol. The summed E-state index contributed by atoms with van der Waals surface area (Å²) in [4.78, 5) is 0. The highest BCUT2D eigenvalue weighted by Crippen LogP contribution is 2.30. The number of ether oxygens (including phenoxy) is 1. The van der Waals surface area contributed by atoms with E-state index in [0.717, 1.165) is 30.7 Å². The first kappa shape index (κ1) is 14.1. The molecule has 0 saturated heterocycles. The first-order valence-corrected chi connectivity index (χ1v) is 7.33. The minimum absolute atomic E-state index is 0.567. The third kappa shape index (κ3) is 4.39. The van der Waals surface area contributed by atoms with Gasteiger partial charge in [-0.15, -0.1) is 0 Å². The summed E-state index contributed by atoms with van der Waals surface area (Å²) in [5, 5.41) is 3.58. The van der Waals surface area contributed by atoms with Crippen molar-refractivity contribution in [2.45, 2.75) is 32.7 Å². The van der Waals surface area contributed by atoms with Crippen LogP contribution in [0.1, 0.15) is 31.7 Å². The van der Waals surface area contributed by atoms with Gasteiger partial charge >= 0.3 is 0 Å². The van der Waals surface area contributed by atoms with E-state index in [-0.39, 0.29) is 0 Å². The predicted molar refractivity (Wildman–Crippen MR) is 80.3 cm³/mol. The molecule has 2 rings (SSSR count). The van der Waals surface area contributed by atoms with Gasteiger partial charge in [-0.2, -0.15) is 0 Å². The highest BCUT2D eigenvalue weighted by molar-refractivity contribution is 5.27. The van der Waals surface area contributed by atoms with Crippen LogP contribution in [0.5, 0.6) is 5.75 Å². The lowest BCUT2D eigenvalue weighted by Crippen LogP contribution is -2.23. The van der Waals surface area contributed by atoms with Gasteiger partial charge in [0.05, 0.1) is 0 Å². The molecule has 0 radical (unpaired) electrons. The number of nitrogens with one attached hydrogen (secondary N) is 1. The van der Waals surface area contributed by atoms with Crippen LogP contribution in [0, 0.1) is 11.8 Å². The van der Waals surface area contributed by atoms with Crippen molar-refractivity contribution in [2.75, 3.05) is 13.2 Å². The van der Waals surface area contributed by atoms with E-state index in [1.54, 1.807) is 6.08 Å². The van der Waals surface area contributed by atoms with E-state index < -0.39 is 0 Å². The lowest BCUT2D eigenvalue weighted by Gasteiger charge is -2.16. The van der Waals surface area contributed by atoms with Crippen LogP contribution < -0.4 is 10.1 Å². The average Bonchev–Trinajstić information content (AvgIpc) is 2.84. The molecule has 19 heavy (non-hydrogen) atoms. The molecule has 1 aliphatic rings. The molecule has 0 bridgehead atoms. The minimum Gasteiger partial charge on any atom is -0.490 e. The molecule has 1 aliphatic carbocycles. The molecule has 1 aromatic rings. The first-order chi connectivity index (χ1) is 9.29. The summed E-state index contributed by atoms with van der Waals surface area (Å²) in [6, 6.07) is 8.31. The molecule has 0 aliphatic heterocycles. The van der Waals surface area contributed by atoms with Gasteiger partial charge in [0.15, 0.2) is 0 Å². The number of rotatable bonds is 7. The van der Waals surface area contributed by atoms with Crippen LogP contribution in [0.25, 0.3) is 0 Å². The Hall–Kier alpha value is -1.28. The zero-order chi connectivity index (χ0) is 13.5. The Morgan fingerprint density at radius 3 is 2.74 bits per heavy atom. The van der Waals surface area contributed by atoms with Crippen molar-refractivity contribution in [1.82, 2.24) is 5.32 Å². The van der Waals surface area contributed by atoms with Gasteiger partial charge in [0, 0.05) is 6.54 Å². The van der Waals surface area contributed by atoms with Gasteiger partial charge in [0.25, 0.3) is 0 Å². The fraction of sp³-hybridized carbons (Fsp3) is 0.529. The summed E-state index contributed by atoms with van der Waals surface area (Å²) >= 11 is 0. The highest BCUT2D eigenvalue weighted by Gasteiger charge is 2.22. The fourth-order valence-corrected chi connectivity index (χ4v) is 2.79. The Morgan fingerprint density at radius 2 is 2.11 bits per heavy atom. The van der Waals surface area contributed by atoms with Gasteiger partial charge in [0.2, 0.25) is 0 Å². The largest absolute Gasteiger partial charge is 0.490 e. The molecule has 104 valence electrons. The van der Waals surface area contributed by atoms with Crippen molar-refractivity contribution in [1.29, 1.82) is 0 Å². The minimum atomic E-state index is 0.567. The normalized spacial score (nSPS) is 22.4. The second-order valence-corrected chi connectivity index (χ2v) is 5.54. The van der Waals surface area contributed by atoms with Gasteiger partial charge in [0.1, 0.15) is 12.4 Å². The maximum atomic E-state index is 5.47. The highest BCUT2D eigenvalue weighted by atomic mass is 16.5. The number of hydrogen-bond donors (Lipinski definition) is 1. The molecule has 2 unspecified atom stereocenters.